The molecule has 6 nitrogen and oxygen atoms in total. The zero-order chi connectivity index (χ0) is 19.1. The number of carbonyl (C=O) groups is 1. The van der Waals surface area contributed by atoms with E-state index in [9.17, 15) is 4.79 Å². The highest BCUT2D eigenvalue weighted by Crippen LogP contribution is 2.12. The van der Waals surface area contributed by atoms with Crippen LogP contribution in [0.2, 0.25) is 0 Å². The monoisotopic (exact) mass is 360 g/mol. The molecule has 0 atom stereocenters. The maximum atomic E-state index is 12.3. The van der Waals surface area contributed by atoms with E-state index in [0.29, 0.717) is 24.4 Å². The molecule has 2 aromatic carbocycles. The fourth-order valence-corrected chi connectivity index (χ4v) is 2.59. The van der Waals surface area contributed by atoms with Gasteiger partial charge >= 0.3 is 0 Å². The topological polar surface area (TPSA) is 71.2 Å². The van der Waals surface area contributed by atoms with Crippen LogP contribution < -0.4 is 4.74 Å². The second-order valence-corrected chi connectivity index (χ2v) is 6.21. The summed E-state index contributed by atoms with van der Waals surface area (Å²) in [7, 11) is 1.74. The molecule has 0 aliphatic rings. The number of rotatable bonds is 7. The molecule has 1 aromatic heterocycles. The van der Waals surface area contributed by atoms with E-state index in [1.165, 1.54) is 5.56 Å². The molecule has 0 spiro atoms. The molecule has 0 unspecified atom stereocenters. The molecule has 3 rings (SSSR count). The first-order valence-corrected chi connectivity index (χ1v) is 8.56. The quantitative estimate of drug-likeness (QED) is 0.650. The van der Waals surface area contributed by atoms with Gasteiger partial charge in [-0.2, -0.15) is 10.4 Å². The van der Waals surface area contributed by atoms with E-state index in [2.05, 4.69) is 17.2 Å². The number of benzene rings is 2. The Morgan fingerprint density at radius 3 is 2.59 bits per heavy atom. The Morgan fingerprint density at radius 1 is 1.15 bits per heavy atom. The lowest BCUT2D eigenvalue weighted by Gasteiger charge is -2.16. The molecule has 0 saturated heterocycles. The van der Waals surface area contributed by atoms with Crippen molar-refractivity contribution in [3.05, 3.63) is 83.7 Å². The Labute approximate surface area is 158 Å². The van der Waals surface area contributed by atoms with Gasteiger partial charge in [-0.3, -0.25) is 9.48 Å². The summed E-state index contributed by atoms with van der Waals surface area (Å²) < 4.78 is 7.35. The Morgan fingerprint density at radius 2 is 1.89 bits per heavy atom. The lowest BCUT2D eigenvalue weighted by Crippen LogP contribution is -2.30. The third kappa shape index (κ3) is 5.19. The van der Waals surface area contributed by atoms with E-state index in [1.807, 2.05) is 35.1 Å². The van der Waals surface area contributed by atoms with Crippen molar-refractivity contribution in [1.82, 2.24) is 14.7 Å². The van der Waals surface area contributed by atoms with Crippen LogP contribution in [0.1, 0.15) is 16.7 Å². The van der Waals surface area contributed by atoms with E-state index in [-0.39, 0.29) is 12.5 Å². The van der Waals surface area contributed by atoms with Crippen molar-refractivity contribution < 1.29 is 9.53 Å². The number of amides is 1. The summed E-state index contributed by atoms with van der Waals surface area (Å²) in [5.41, 5.74) is 2.69. The van der Waals surface area contributed by atoms with E-state index < -0.39 is 0 Å². The normalized spacial score (nSPS) is 10.2. The molecule has 0 bridgehead atoms. The van der Waals surface area contributed by atoms with Crippen LogP contribution in [0.15, 0.2) is 67.0 Å². The highest BCUT2D eigenvalue weighted by atomic mass is 16.5. The van der Waals surface area contributed by atoms with Crippen LogP contribution in [0.3, 0.4) is 0 Å². The summed E-state index contributed by atoms with van der Waals surface area (Å²) >= 11 is 0. The lowest BCUT2D eigenvalue weighted by atomic mass is 10.2. The fraction of sp³-hybridized carbons (Fsp3) is 0.190. The highest BCUT2D eigenvalue weighted by Gasteiger charge is 2.11. The van der Waals surface area contributed by atoms with E-state index in [1.54, 1.807) is 42.4 Å². The number of hydrogen-bond donors (Lipinski definition) is 0. The van der Waals surface area contributed by atoms with Crippen molar-refractivity contribution in [2.24, 2.45) is 0 Å². The van der Waals surface area contributed by atoms with E-state index >= 15 is 0 Å². The van der Waals surface area contributed by atoms with Gasteiger partial charge in [-0.15, -0.1) is 0 Å². The Balaban J connectivity index is 1.50. The van der Waals surface area contributed by atoms with Gasteiger partial charge in [0, 0.05) is 25.4 Å². The SMILES string of the molecule is CN(Cc1cnn(Cc2ccccc2)c1)C(=O)COc1ccc(C#N)cc1. The van der Waals surface area contributed by atoms with Crippen LogP contribution in [0.4, 0.5) is 0 Å². The van der Waals surface area contributed by atoms with E-state index in [0.717, 1.165) is 5.56 Å². The molecular weight excluding hydrogens is 340 g/mol. The standard InChI is InChI=1S/C21H20N4O2/c1-24(21(26)16-27-20-9-7-17(11-22)8-10-20)13-19-12-23-25(15-19)14-18-5-3-2-4-6-18/h2-10,12,15H,13-14,16H2,1H3. The highest BCUT2D eigenvalue weighted by molar-refractivity contribution is 5.77. The zero-order valence-corrected chi connectivity index (χ0v) is 15.1. The van der Waals surface area contributed by atoms with Crippen molar-refractivity contribution in [2.45, 2.75) is 13.1 Å². The molecule has 136 valence electrons. The third-order valence-electron chi connectivity index (χ3n) is 4.07. The van der Waals surface area contributed by atoms with Gasteiger partial charge < -0.3 is 9.64 Å². The van der Waals surface area contributed by atoms with Gasteiger partial charge in [0.15, 0.2) is 6.61 Å². The number of likely N-dealkylation sites (N-methyl/N-ethyl adjacent to an activating group) is 1. The van der Waals surface area contributed by atoms with Crippen LogP contribution in [0, 0.1) is 11.3 Å². The number of nitriles is 1. The fourth-order valence-electron chi connectivity index (χ4n) is 2.59. The van der Waals surface area contributed by atoms with Gasteiger partial charge in [-0.05, 0) is 29.8 Å². The van der Waals surface area contributed by atoms with Crippen LogP contribution >= 0.6 is 0 Å². The molecule has 0 N–H and O–H groups in total. The molecule has 6 heteroatoms. The number of nitrogens with zero attached hydrogens (tertiary/aromatic N) is 4. The second kappa shape index (κ2) is 8.68. The first kappa shape index (κ1) is 18.2. The van der Waals surface area contributed by atoms with Gasteiger partial charge in [0.1, 0.15) is 5.75 Å². The molecule has 3 aromatic rings. The third-order valence-corrected chi connectivity index (χ3v) is 4.07. The first-order valence-electron chi connectivity index (χ1n) is 8.56. The zero-order valence-electron chi connectivity index (χ0n) is 15.1. The number of carbonyl (C=O) groups excluding carboxylic acids is 1. The predicted molar refractivity (Wildman–Crippen MR) is 101 cm³/mol. The number of hydrogen-bond acceptors (Lipinski definition) is 4. The van der Waals surface area contributed by atoms with Crippen molar-refractivity contribution in [1.29, 1.82) is 5.26 Å². The maximum Gasteiger partial charge on any atom is 0.260 e. The lowest BCUT2D eigenvalue weighted by molar-refractivity contribution is -0.132. The Kier molecular flexibility index (Phi) is 5.85. The molecule has 0 aliphatic heterocycles. The Bertz CT molecular complexity index is 927. The maximum absolute atomic E-state index is 12.3. The molecule has 27 heavy (non-hydrogen) atoms. The van der Waals surface area contributed by atoms with Gasteiger partial charge in [-0.25, -0.2) is 0 Å². The average Bonchev–Trinajstić information content (AvgIpc) is 3.14. The largest absolute Gasteiger partial charge is 0.484 e. The summed E-state index contributed by atoms with van der Waals surface area (Å²) in [5.74, 6) is 0.432. The minimum Gasteiger partial charge on any atom is -0.484 e. The number of aromatic nitrogens is 2. The average molecular weight is 360 g/mol. The molecule has 1 amide bonds. The number of ether oxygens (including phenoxy) is 1. The van der Waals surface area contributed by atoms with Crippen molar-refractivity contribution in [2.75, 3.05) is 13.7 Å². The van der Waals surface area contributed by atoms with Crippen LogP contribution in [0.5, 0.6) is 5.75 Å². The molecule has 0 aliphatic carbocycles. The first-order chi connectivity index (χ1) is 13.1. The van der Waals surface area contributed by atoms with Gasteiger partial charge in [0.25, 0.3) is 5.91 Å². The molecule has 0 radical (unpaired) electrons. The van der Waals surface area contributed by atoms with Crippen LogP contribution in [-0.2, 0) is 17.9 Å². The summed E-state index contributed by atoms with van der Waals surface area (Å²) in [6.45, 7) is 1.10. The van der Waals surface area contributed by atoms with Crippen LogP contribution in [-0.4, -0.2) is 34.2 Å². The molecule has 0 saturated carbocycles. The summed E-state index contributed by atoms with van der Waals surface area (Å²) in [6.07, 6.45) is 3.71. The Hall–Kier alpha value is -3.59. The summed E-state index contributed by atoms with van der Waals surface area (Å²) in [5, 5.41) is 13.1. The second-order valence-electron chi connectivity index (χ2n) is 6.21. The van der Waals surface area contributed by atoms with Crippen molar-refractivity contribution in [3.8, 4) is 11.8 Å². The van der Waals surface area contributed by atoms with Gasteiger partial charge in [0.2, 0.25) is 0 Å². The molecular formula is C21H20N4O2. The smallest absolute Gasteiger partial charge is 0.260 e. The minimum absolute atomic E-state index is 0.0550. The summed E-state index contributed by atoms with van der Waals surface area (Å²) in [4.78, 5) is 13.9. The minimum atomic E-state index is -0.129. The molecule has 0 fully saturated rings. The predicted octanol–water partition coefficient (Wildman–Crippen LogP) is 2.84. The summed E-state index contributed by atoms with van der Waals surface area (Å²) in [6, 6.07) is 18.8. The van der Waals surface area contributed by atoms with E-state index in [4.69, 9.17) is 10.00 Å². The molecule has 1 heterocycles. The van der Waals surface area contributed by atoms with Crippen LogP contribution in [0.25, 0.3) is 0 Å². The van der Waals surface area contributed by atoms with Gasteiger partial charge in [0.05, 0.1) is 24.4 Å². The van der Waals surface area contributed by atoms with Crippen molar-refractivity contribution in [3.63, 3.8) is 0 Å². The van der Waals surface area contributed by atoms with Gasteiger partial charge in [-0.1, -0.05) is 30.3 Å². The van der Waals surface area contributed by atoms with Crippen molar-refractivity contribution >= 4 is 5.91 Å².